The topological polar surface area (TPSA) is 84.5 Å². The van der Waals surface area contributed by atoms with Crippen LogP contribution in [0.5, 0.6) is 5.75 Å². The number of halogens is 1. The molecule has 3 rings (SSSR count). The number of hydrogen-bond acceptors (Lipinski definition) is 4. The van der Waals surface area contributed by atoms with E-state index in [1.165, 1.54) is 0 Å². The number of rotatable bonds is 7. The van der Waals surface area contributed by atoms with Gasteiger partial charge in [0.2, 0.25) is 0 Å². The van der Waals surface area contributed by atoms with Gasteiger partial charge in [-0.3, -0.25) is 0 Å². The maximum Gasteiger partial charge on any atom is 0.333 e. The quantitative estimate of drug-likeness (QED) is 0.506. The first-order valence-corrected chi connectivity index (χ1v) is 11.4. The standard InChI is InChI=1S/C23H21ClN2O4S/c1-2-30-21-10-6-9-20(15-21)25-23(27)26-31(28,29)16-22(17-7-4-3-5-8-17)18-11-13-19(24)14-12-18/h3-16H,2H2,1H3,(H2,25,26,27). The van der Waals surface area contributed by atoms with Gasteiger partial charge in [0.1, 0.15) is 5.75 Å². The lowest BCUT2D eigenvalue weighted by Crippen LogP contribution is -2.33. The van der Waals surface area contributed by atoms with Crippen LogP contribution < -0.4 is 14.8 Å². The summed E-state index contributed by atoms with van der Waals surface area (Å²) in [5.41, 5.74) is 2.16. The van der Waals surface area contributed by atoms with Crippen molar-refractivity contribution in [3.63, 3.8) is 0 Å². The molecule has 0 saturated carbocycles. The molecule has 0 spiro atoms. The van der Waals surface area contributed by atoms with E-state index in [1.807, 2.05) is 17.7 Å². The van der Waals surface area contributed by atoms with Crippen LogP contribution in [-0.4, -0.2) is 21.1 Å². The van der Waals surface area contributed by atoms with Crippen LogP contribution in [0.25, 0.3) is 5.57 Å². The highest BCUT2D eigenvalue weighted by Crippen LogP contribution is 2.25. The molecule has 0 saturated heterocycles. The molecule has 2 amide bonds. The van der Waals surface area contributed by atoms with Crippen molar-refractivity contribution in [1.29, 1.82) is 0 Å². The Morgan fingerprint density at radius 3 is 2.32 bits per heavy atom. The van der Waals surface area contributed by atoms with Crippen LogP contribution in [0.4, 0.5) is 10.5 Å². The van der Waals surface area contributed by atoms with E-state index in [1.54, 1.807) is 72.8 Å². The van der Waals surface area contributed by atoms with Crippen LogP contribution in [0.3, 0.4) is 0 Å². The summed E-state index contributed by atoms with van der Waals surface area (Å²) in [6.45, 7) is 2.32. The molecule has 0 aliphatic carbocycles. The molecule has 0 aromatic heterocycles. The molecule has 3 aromatic rings. The third-order valence-electron chi connectivity index (χ3n) is 4.15. The minimum absolute atomic E-state index is 0.406. The van der Waals surface area contributed by atoms with Gasteiger partial charge in [-0.1, -0.05) is 60.1 Å². The lowest BCUT2D eigenvalue weighted by molar-refractivity contribution is 0.256. The van der Waals surface area contributed by atoms with Crippen molar-refractivity contribution in [3.05, 3.63) is 100 Å². The Bertz CT molecular complexity index is 1180. The van der Waals surface area contributed by atoms with Gasteiger partial charge in [0, 0.05) is 22.3 Å². The lowest BCUT2D eigenvalue weighted by atomic mass is 10.00. The molecule has 0 fully saturated rings. The zero-order chi connectivity index (χ0) is 22.3. The van der Waals surface area contributed by atoms with Gasteiger partial charge in [-0.05, 0) is 42.3 Å². The molecule has 0 unspecified atom stereocenters. The van der Waals surface area contributed by atoms with E-state index < -0.39 is 16.1 Å². The molecule has 0 atom stereocenters. The second kappa shape index (κ2) is 10.1. The number of sulfonamides is 1. The molecule has 8 heteroatoms. The average molecular weight is 457 g/mol. The van der Waals surface area contributed by atoms with Crippen molar-refractivity contribution in [1.82, 2.24) is 4.72 Å². The summed E-state index contributed by atoms with van der Waals surface area (Å²) in [6, 6.07) is 21.6. The summed E-state index contributed by atoms with van der Waals surface area (Å²) in [4.78, 5) is 12.3. The Morgan fingerprint density at radius 1 is 0.968 bits per heavy atom. The Morgan fingerprint density at radius 2 is 1.65 bits per heavy atom. The second-order valence-corrected chi connectivity index (χ2v) is 8.43. The van der Waals surface area contributed by atoms with E-state index in [-0.39, 0.29) is 0 Å². The van der Waals surface area contributed by atoms with E-state index in [0.29, 0.717) is 39.8 Å². The van der Waals surface area contributed by atoms with Crippen molar-refractivity contribution in [2.24, 2.45) is 0 Å². The lowest BCUT2D eigenvalue weighted by Gasteiger charge is -2.11. The number of carbonyl (C=O) groups excluding carboxylic acids is 1. The van der Waals surface area contributed by atoms with E-state index in [4.69, 9.17) is 16.3 Å². The van der Waals surface area contributed by atoms with Gasteiger partial charge >= 0.3 is 6.03 Å². The summed E-state index contributed by atoms with van der Waals surface area (Å²) in [6.07, 6.45) is 0. The number of carbonyl (C=O) groups is 1. The van der Waals surface area contributed by atoms with Gasteiger partial charge in [-0.2, -0.15) is 0 Å². The fourth-order valence-corrected chi connectivity index (χ4v) is 3.93. The van der Waals surface area contributed by atoms with Crippen LogP contribution in [0.15, 0.2) is 84.3 Å². The number of anilines is 1. The van der Waals surface area contributed by atoms with Crippen LogP contribution >= 0.6 is 11.6 Å². The molecule has 0 aliphatic heterocycles. The summed E-state index contributed by atoms with van der Waals surface area (Å²) in [5, 5.41) is 4.06. The van der Waals surface area contributed by atoms with Gasteiger partial charge in [0.15, 0.2) is 0 Å². The zero-order valence-electron chi connectivity index (χ0n) is 16.7. The van der Waals surface area contributed by atoms with Crippen molar-refractivity contribution in [2.45, 2.75) is 6.92 Å². The first kappa shape index (κ1) is 22.4. The number of ether oxygens (including phenoxy) is 1. The minimum Gasteiger partial charge on any atom is -0.494 e. The van der Waals surface area contributed by atoms with Gasteiger partial charge < -0.3 is 10.1 Å². The molecule has 0 heterocycles. The molecule has 0 radical (unpaired) electrons. The highest BCUT2D eigenvalue weighted by Gasteiger charge is 2.16. The summed E-state index contributed by atoms with van der Waals surface area (Å²) < 4.78 is 32.8. The molecule has 31 heavy (non-hydrogen) atoms. The van der Waals surface area contributed by atoms with Crippen LogP contribution in [-0.2, 0) is 10.0 Å². The van der Waals surface area contributed by atoms with Gasteiger partial charge in [-0.25, -0.2) is 17.9 Å². The Kier molecular flexibility index (Phi) is 7.33. The first-order chi connectivity index (χ1) is 14.9. The molecule has 160 valence electrons. The highest BCUT2D eigenvalue weighted by atomic mass is 35.5. The predicted molar refractivity (Wildman–Crippen MR) is 124 cm³/mol. The number of amides is 2. The first-order valence-electron chi connectivity index (χ1n) is 9.46. The van der Waals surface area contributed by atoms with Crippen molar-refractivity contribution in [3.8, 4) is 5.75 Å². The van der Waals surface area contributed by atoms with Crippen LogP contribution in [0, 0.1) is 0 Å². The maximum absolute atomic E-state index is 12.7. The fraction of sp³-hybridized carbons (Fsp3) is 0.0870. The highest BCUT2D eigenvalue weighted by molar-refractivity contribution is 7.93. The molecular weight excluding hydrogens is 436 g/mol. The summed E-state index contributed by atoms with van der Waals surface area (Å²) in [5.74, 6) is 0.567. The largest absolute Gasteiger partial charge is 0.494 e. The van der Waals surface area contributed by atoms with Gasteiger partial charge in [0.05, 0.1) is 12.0 Å². The van der Waals surface area contributed by atoms with E-state index in [2.05, 4.69) is 5.32 Å². The third-order valence-corrected chi connectivity index (χ3v) is 5.42. The smallest absolute Gasteiger partial charge is 0.333 e. The number of nitrogens with one attached hydrogen (secondary N) is 2. The summed E-state index contributed by atoms with van der Waals surface area (Å²) in [7, 11) is -4.12. The maximum atomic E-state index is 12.7. The molecule has 2 N–H and O–H groups in total. The van der Waals surface area contributed by atoms with E-state index in [9.17, 15) is 13.2 Å². The van der Waals surface area contributed by atoms with Crippen molar-refractivity contribution in [2.75, 3.05) is 11.9 Å². The van der Waals surface area contributed by atoms with Crippen molar-refractivity contribution >= 4 is 38.9 Å². The Balaban J connectivity index is 1.84. The number of benzene rings is 3. The SMILES string of the molecule is CCOc1cccc(NC(=O)NS(=O)(=O)C=C(c2ccccc2)c2ccc(Cl)cc2)c1. The molecule has 0 bridgehead atoms. The molecule has 3 aromatic carbocycles. The fourth-order valence-electron chi connectivity index (χ4n) is 2.85. The molecular formula is C23H21ClN2O4S. The van der Waals surface area contributed by atoms with Crippen molar-refractivity contribution < 1.29 is 17.9 Å². The minimum atomic E-state index is -4.12. The molecule has 6 nitrogen and oxygen atoms in total. The Labute approximate surface area is 186 Å². The third kappa shape index (κ3) is 6.60. The second-order valence-electron chi connectivity index (χ2n) is 6.47. The monoisotopic (exact) mass is 456 g/mol. The van der Waals surface area contributed by atoms with E-state index >= 15 is 0 Å². The van der Waals surface area contributed by atoms with Gasteiger partial charge in [0.25, 0.3) is 10.0 Å². The zero-order valence-corrected chi connectivity index (χ0v) is 18.3. The predicted octanol–water partition coefficient (Wildman–Crippen LogP) is 5.28. The average Bonchev–Trinajstić information content (AvgIpc) is 2.73. The normalized spacial score (nSPS) is 11.6. The summed E-state index contributed by atoms with van der Waals surface area (Å²) >= 11 is 5.96. The van der Waals surface area contributed by atoms with Gasteiger partial charge in [-0.15, -0.1) is 0 Å². The number of hydrogen-bond donors (Lipinski definition) is 2. The Hall–Kier alpha value is -3.29. The molecule has 0 aliphatic rings. The van der Waals surface area contributed by atoms with Crippen LogP contribution in [0.2, 0.25) is 5.02 Å². The van der Waals surface area contributed by atoms with Crippen LogP contribution in [0.1, 0.15) is 18.1 Å². The number of urea groups is 1. The van der Waals surface area contributed by atoms with E-state index in [0.717, 1.165) is 5.41 Å².